The van der Waals surface area contributed by atoms with E-state index in [1.807, 2.05) is 25.1 Å². The number of benzene rings is 2. The maximum Gasteiger partial charge on any atom is 0.296 e. The number of aryl methyl sites for hydroxylation is 1. The predicted octanol–water partition coefficient (Wildman–Crippen LogP) is 3.47. The molecule has 8 heteroatoms. The van der Waals surface area contributed by atoms with Crippen LogP contribution in [0.2, 0.25) is 0 Å². The van der Waals surface area contributed by atoms with E-state index in [1.165, 1.54) is 18.2 Å². The van der Waals surface area contributed by atoms with Crippen LogP contribution in [0, 0.1) is 21.4 Å². The van der Waals surface area contributed by atoms with Gasteiger partial charge in [0.05, 0.1) is 11.0 Å². The van der Waals surface area contributed by atoms with Crippen LogP contribution in [-0.4, -0.2) is 24.0 Å². The molecule has 1 N–H and O–H groups in total. The number of carbonyl (C=O) groups excluding carboxylic acids is 1. The van der Waals surface area contributed by atoms with E-state index in [4.69, 9.17) is 9.47 Å². The van der Waals surface area contributed by atoms with Gasteiger partial charge in [-0.15, -0.1) is 0 Å². The van der Waals surface area contributed by atoms with E-state index in [9.17, 15) is 20.2 Å². The van der Waals surface area contributed by atoms with Crippen molar-refractivity contribution in [3.8, 4) is 17.6 Å². The van der Waals surface area contributed by atoms with E-state index in [-0.39, 0.29) is 29.3 Å². The Morgan fingerprint density at radius 1 is 1.25 bits per heavy atom. The summed E-state index contributed by atoms with van der Waals surface area (Å²) in [6, 6.07) is 11.8. The molecule has 0 unspecified atom stereocenters. The van der Waals surface area contributed by atoms with Crippen LogP contribution in [0.15, 0.2) is 42.0 Å². The van der Waals surface area contributed by atoms with Crippen molar-refractivity contribution < 1.29 is 19.2 Å². The average Bonchev–Trinajstić information content (AvgIpc) is 2.71. The van der Waals surface area contributed by atoms with Crippen LogP contribution in [0.1, 0.15) is 18.1 Å². The molecular formula is C20H17N3O5. The number of carbonyl (C=O) groups is 1. The van der Waals surface area contributed by atoms with Gasteiger partial charge in [-0.2, -0.15) is 5.26 Å². The minimum atomic E-state index is -0.748. The lowest BCUT2D eigenvalue weighted by molar-refractivity contribution is -0.384. The maximum atomic E-state index is 12.5. The third-order valence-electron chi connectivity index (χ3n) is 4.17. The van der Waals surface area contributed by atoms with E-state index in [0.717, 1.165) is 12.0 Å². The molecule has 0 bridgehead atoms. The summed E-state index contributed by atoms with van der Waals surface area (Å²) in [5, 5.41) is 23.1. The first-order valence-electron chi connectivity index (χ1n) is 8.62. The summed E-state index contributed by atoms with van der Waals surface area (Å²) < 4.78 is 10.7. The summed E-state index contributed by atoms with van der Waals surface area (Å²) in [5.74, 6) is -0.213. The molecule has 0 radical (unpaired) electrons. The van der Waals surface area contributed by atoms with Crippen LogP contribution < -0.4 is 14.8 Å². The van der Waals surface area contributed by atoms with Gasteiger partial charge in [-0.25, -0.2) is 0 Å². The zero-order valence-corrected chi connectivity index (χ0v) is 15.1. The molecule has 1 aliphatic heterocycles. The van der Waals surface area contributed by atoms with Crippen LogP contribution in [0.3, 0.4) is 0 Å². The first kappa shape index (κ1) is 18.9. The van der Waals surface area contributed by atoms with Crippen molar-refractivity contribution in [3.05, 3.63) is 63.2 Å². The molecule has 0 saturated carbocycles. The summed E-state index contributed by atoms with van der Waals surface area (Å²) in [7, 11) is 0. The molecule has 1 heterocycles. The largest absolute Gasteiger partial charge is 0.486 e. The number of amides is 1. The van der Waals surface area contributed by atoms with E-state index in [2.05, 4.69) is 5.32 Å². The van der Waals surface area contributed by atoms with Gasteiger partial charge in [0, 0.05) is 6.07 Å². The summed E-state index contributed by atoms with van der Waals surface area (Å²) in [4.78, 5) is 23.2. The van der Waals surface area contributed by atoms with Crippen LogP contribution >= 0.6 is 0 Å². The Kier molecular flexibility index (Phi) is 5.56. The fraction of sp³-hybridized carbons (Fsp3) is 0.200. The van der Waals surface area contributed by atoms with Gasteiger partial charge in [0.25, 0.3) is 11.6 Å². The second-order valence-corrected chi connectivity index (χ2v) is 5.99. The number of ether oxygens (including phenoxy) is 2. The molecule has 0 atom stereocenters. The van der Waals surface area contributed by atoms with Crippen LogP contribution in [-0.2, 0) is 11.2 Å². The van der Waals surface area contributed by atoms with Gasteiger partial charge < -0.3 is 14.8 Å². The highest BCUT2D eigenvalue weighted by atomic mass is 16.6. The standard InChI is InChI=1S/C20H17N3O5/c1-2-13-3-5-14(6-4-13)9-15(12-21)20(24)22-16-10-18-19(28-8-7-27-18)11-17(16)23(25)26/h3-6,9-11H,2,7-8H2,1H3,(H,22,24)/b15-9-. The number of fused-ring (bicyclic) bond motifs is 1. The van der Waals surface area contributed by atoms with Crippen molar-refractivity contribution in [3.63, 3.8) is 0 Å². The maximum absolute atomic E-state index is 12.5. The lowest BCUT2D eigenvalue weighted by atomic mass is 10.1. The number of nitriles is 1. The predicted molar refractivity (Wildman–Crippen MR) is 102 cm³/mol. The van der Waals surface area contributed by atoms with Crippen molar-refractivity contribution in [1.82, 2.24) is 0 Å². The van der Waals surface area contributed by atoms with Gasteiger partial charge in [0.1, 0.15) is 30.5 Å². The molecule has 8 nitrogen and oxygen atoms in total. The van der Waals surface area contributed by atoms with Gasteiger partial charge in [0.15, 0.2) is 11.5 Å². The summed E-state index contributed by atoms with van der Waals surface area (Å²) in [6.45, 7) is 2.61. The molecule has 2 aromatic rings. The normalized spacial score (nSPS) is 12.8. The van der Waals surface area contributed by atoms with Crippen LogP contribution in [0.5, 0.6) is 11.5 Å². The fourth-order valence-electron chi connectivity index (χ4n) is 2.68. The third-order valence-corrected chi connectivity index (χ3v) is 4.17. The highest BCUT2D eigenvalue weighted by molar-refractivity contribution is 6.10. The molecule has 0 aliphatic carbocycles. The Hall–Kier alpha value is -3.86. The lowest BCUT2D eigenvalue weighted by Gasteiger charge is -2.19. The molecule has 3 rings (SSSR count). The minimum absolute atomic E-state index is 0.0678. The van der Waals surface area contributed by atoms with Crippen LogP contribution in [0.4, 0.5) is 11.4 Å². The molecule has 1 amide bonds. The first-order chi connectivity index (χ1) is 13.5. The molecule has 1 aliphatic rings. The summed E-state index contributed by atoms with van der Waals surface area (Å²) >= 11 is 0. The lowest BCUT2D eigenvalue weighted by Crippen LogP contribution is -2.18. The zero-order chi connectivity index (χ0) is 20.1. The highest BCUT2D eigenvalue weighted by Gasteiger charge is 2.24. The van der Waals surface area contributed by atoms with Gasteiger partial charge in [-0.05, 0) is 23.6 Å². The molecule has 2 aromatic carbocycles. The topological polar surface area (TPSA) is 114 Å². The Balaban J connectivity index is 1.89. The quantitative estimate of drug-likeness (QED) is 0.368. The number of nitrogens with zero attached hydrogens (tertiary/aromatic N) is 2. The molecular weight excluding hydrogens is 362 g/mol. The average molecular weight is 379 g/mol. The van der Waals surface area contributed by atoms with Gasteiger partial charge in [-0.3, -0.25) is 14.9 Å². The Labute approximate surface area is 161 Å². The Morgan fingerprint density at radius 2 is 1.89 bits per heavy atom. The second-order valence-electron chi connectivity index (χ2n) is 5.99. The third kappa shape index (κ3) is 4.10. The van der Waals surface area contributed by atoms with Crippen molar-refractivity contribution in [2.45, 2.75) is 13.3 Å². The number of anilines is 1. The van der Waals surface area contributed by atoms with Crippen molar-refractivity contribution in [2.75, 3.05) is 18.5 Å². The number of nitro benzene ring substituents is 1. The second kappa shape index (κ2) is 8.22. The van der Waals surface area contributed by atoms with E-state index < -0.39 is 10.8 Å². The Morgan fingerprint density at radius 3 is 2.46 bits per heavy atom. The monoisotopic (exact) mass is 379 g/mol. The molecule has 0 saturated heterocycles. The number of hydrogen-bond donors (Lipinski definition) is 1. The first-order valence-corrected chi connectivity index (χ1v) is 8.62. The molecule has 0 spiro atoms. The molecule has 0 fully saturated rings. The highest BCUT2D eigenvalue weighted by Crippen LogP contribution is 2.39. The fourth-order valence-corrected chi connectivity index (χ4v) is 2.68. The van der Waals surface area contributed by atoms with Gasteiger partial charge in [-0.1, -0.05) is 31.2 Å². The van der Waals surface area contributed by atoms with E-state index >= 15 is 0 Å². The number of rotatable bonds is 5. The molecule has 0 aromatic heterocycles. The van der Waals surface area contributed by atoms with Gasteiger partial charge >= 0.3 is 0 Å². The summed E-state index contributed by atoms with van der Waals surface area (Å²) in [5.41, 5.74) is 1.23. The minimum Gasteiger partial charge on any atom is -0.486 e. The van der Waals surface area contributed by atoms with Crippen molar-refractivity contribution in [1.29, 1.82) is 5.26 Å². The van der Waals surface area contributed by atoms with E-state index in [0.29, 0.717) is 17.9 Å². The number of hydrogen-bond acceptors (Lipinski definition) is 6. The van der Waals surface area contributed by atoms with Crippen LogP contribution in [0.25, 0.3) is 6.08 Å². The van der Waals surface area contributed by atoms with Crippen molar-refractivity contribution >= 4 is 23.4 Å². The molecule has 28 heavy (non-hydrogen) atoms. The van der Waals surface area contributed by atoms with Gasteiger partial charge in [0.2, 0.25) is 0 Å². The SMILES string of the molecule is CCc1ccc(/C=C(/C#N)C(=O)Nc2cc3c(cc2[N+](=O)[O-])OCCO3)cc1. The smallest absolute Gasteiger partial charge is 0.296 e. The molecule has 142 valence electrons. The summed E-state index contributed by atoms with van der Waals surface area (Å²) in [6.07, 6.45) is 2.31. The zero-order valence-electron chi connectivity index (χ0n) is 15.1. The Bertz CT molecular complexity index is 990. The number of nitrogens with one attached hydrogen (secondary N) is 1. The van der Waals surface area contributed by atoms with Crippen molar-refractivity contribution in [2.24, 2.45) is 0 Å². The number of nitro groups is 1. The van der Waals surface area contributed by atoms with E-state index in [1.54, 1.807) is 12.1 Å².